The molecule has 4 rings (SSSR count). The number of piperazine rings is 1. The van der Waals surface area contributed by atoms with Crippen LogP contribution in [0.2, 0.25) is 5.02 Å². The largest absolute Gasteiger partial charge is 0.495 e. The average molecular weight is 468 g/mol. The third-order valence-electron chi connectivity index (χ3n) is 7.25. The van der Waals surface area contributed by atoms with Crippen LogP contribution >= 0.6 is 11.6 Å². The minimum Gasteiger partial charge on any atom is -0.495 e. The number of hydrogen-bond donors (Lipinski definition) is 0. The third kappa shape index (κ3) is 5.08. The second kappa shape index (κ2) is 10.7. The Morgan fingerprint density at radius 1 is 1.09 bits per heavy atom. The Bertz CT molecular complexity index is 1020. The predicted molar refractivity (Wildman–Crippen MR) is 135 cm³/mol. The molecule has 0 aromatic heterocycles. The van der Waals surface area contributed by atoms with Crippen LogP contribution in [0.5, 0.6) is 11.5 Å². The first-order valence-electron chi connectivity index (χ1n) is 11.9. The molecule has 0 amide bonds. The van der Waals surface area contributed by atoms with Crippen molar-refractivity contribution in [2.24, 2.45) is 0 Å². The summed E-state index contributed by atoms with van der Waals surface area (Å²) in [6.45, 7) is 15.5. The van der Waals surface area contributed by atoms with Crippen LogP contribution in [0.3, 0.4) is 0 Å². The van der Waals surface area contributed by atoms with E-state index in [0.29, 0.717) is 30.3 Å². The molecule has 6 heteroatoms. The number of methoxy groups -OCH3 is 1. The van der Waals surface area contributed by atoms with Gasteiger partial charge in [-0.3, -0.25) is 4.90 Å². The first-order chi connectivity index (χ1) is 16.0. The van der Waals surface area contributed by atoms with Gasteiger partial charge in [-0.1, -0.05) is 17.7 Å². The molecule has 33 heavy (non-hydrogen) atoms. The van der Waals surface area contributed by atoms with E-state index in [1.54, 1.807) is 7.11 Å². The second-order valence-electron chi connectivity index (χ2n) is 9.09. The molecule has 2 heterocycles. The maximum absolute atomic E-state index is 6.92. The van der Waals surface area contributed by atoms with E-state index in [1.165, 1.54) is 41.6 Å². The number of nitrogens with zero attached hydrogens (tertiary/aromatic N) is 3. The molecule has 0 N–H and O–H groups in total. The van der Waals surface area contributed by atoms with Crippen LogP contribution in [0.4, 0.5) is 5.69 Å². The normalized spacial score (nSPS) is 20.8. The summed E-state index contributed by atoms with van der Waals surface area (Å²) >= 11 is 6.24. The zero-order valence-corrected chi connectivity index (χ0v) is 20.7. The van der Waals surface area contributed by atoms with E-state index in [9.17, 15) is 0 Å². The van der Waals surface area contributed by atoms with Crippen molar-refractivity contribution in [3.63, 3.8) is 0 Å². The summed E-state index contributed by atoms with van der Waals surface area (Å²) in [6, 6.07) is 11.5. The zero-order chi connectivity index (χ0) is 23.4. The Morgan fingerprint density at radius 3 is 2.73 bits per heavy atom. The minimum absolute atomic E-state index is 0.459. The lowest BCUT2D eigenvalue weighted by atomic mass is 9.86. The van der Waals surface area contributed by atoms with Crippen molar-refractivity contribution in [3.8, 4) is 11.5 Å². The van der Waals surface area contributed by atoms with Crippen LogP contribution in [-0.2, 0) is 0 Å². The monoisotopic (exact) mass is 467 g/mol. The summed E-state index contributed by atoms with van der Waals surface area (Å²) in [7, 11) is 1.67. The number of halogens is 1. The molecule has 2 aromatic carbocycles. The van der Waals surface area contributed by atoms with Gasteiger partial charge in [-0.15, -0.1) is 0 Å². The smallest absolute Gasteiger partial charge is 0.217 e. The number of hydrogen-bond acceptors (Lipinski definition) is 4. The van der Waals surface area contributed by atoms with Gasteiger partial charge in [-0.05, 0) is 68.0 Å². The highest BCUT2D eigenvalue weighted by Crippen LogP contribution is 2.40. The standard InChI is InChI=1S/C27H34ClN3O2/c1-19-20(2)26(33-16-6-13-29-3)12-10-23(19)25-8-5-7-22-18-30(14-15-31(22)25)21-9-11-24(28)27(17-21)32-4/h9-12,17,22,25H,5-8,13-16,18H2,1-2,4H3/t22-,25+/m0/s1. The molecule has 0 aliphatic carbocycles. The third-order valence-corrected chi connectivity index (χ3v) is 7.57. The van der Waals surface area contributed by atoms with E-state index in [2.05, 4.69) is 52.8 Å². The fraction of sp³-hybridized carbons (Fsp3) is 0.519. The van der Waals surface area contributed by atoms with Crippen LogP contribution in [0, 0.1) is 20.4 Å². The van der Waals surface area contributed by atoms with Crippen molar-refractivity contribution in [2.45, 2.75) is 51.6 Å². The lowest BCUT2D eigenvalue weighted by Gasteiger charge is -2.49. The number of piperidine rings is 1. The number of fused-ring (bicyclic) bond motifs is 1. The topological polar surface area (TPSA) is 29.3 Å². The van der Waals surface area contributed by atoms with Gasteiger partial charge in [0.1, 0.15) is 11.5 Å². The Labute approximate surface area is 203 Å². The van der Waals surface area contributed by atoms with Crippen molar-refractivity contribution in [3.05, 3.63) is 63.5 Å². The fourth-order valence-corrected chi connectivity index (χ4v) is 5.52. The van der Waals surface area contributed by atoms with Crippen molar-refractivity contribution in [2.75, 3.05) is 44.8 Å². The average Bonchev–Trinajstić information content (AvgIpc) is 2.84. The summed E-state index contributed by atoms with van der Waals surface area (Å²) in [5, 5.41) is 0.655. The molecule has 176 valence electrons. The minimum atomic E-state index is 0.459. The first-order valence-corrected chi connectivity index (χ1v) is 12.3. The summed E-state index contributed by atoms with van der Waals surface area (Å²) in [6.07, 6.45) is 4.46. The van der Waals surface area contributed by atoms with Gasteiger partial charge in [-0.25, -0.2) is 6.57 Å². The van der Waals surface area contributed by atoms with Gasteiger partial charge in [0.25, 0.3) is 0 Å². The molecule has 2 aliphatic heterocycles. The van der Waals surface area contributed by atoms with Crippen LogP contribution in [-0.4, -0.2) is 50.8 Å². The molecule has 0 radical (unpaired) electrons. The number of rotatable bonds is 7. The van der Waals surface area contributed by atoms with Gasteiger partial charge in [0.15, 0.2) is 0 Å². The highest BCUT2D eigenvalue weighted by molar-refractivity contribution is 6.32. The van der Waals surface area contributed by atoms with E-state index < -0.39 is 0 Å². The summed E-state index contributed by atoms with van der Waals surface area (Å²) < 4.78 is 11.4. The molecule has 2 fully saturated rings. The molecule has 0 spiro atoms. The quantitative estimate of drug-likeness (QED) is 0.365. The summed E-state index contributed by atoms with van der Waals surface area (Å²) in [5.41, 5.74) is 5.19. The van der Waals surface area contributed by atoms with E-state index in [-0.39, 0.29) is 0 Å². The van der Waals surface area contributed by atoms with Gasteiger partial charge in [0.2, 0.25) is 6.54 Å². The predicted octanol–water partition coefficient (Wildman–Crippen LogP) is 6.07. The Morgan fingerprint density at radius 2 is 1.94 bits per heavy atom. The molecule has 5 nitrogen and oxygen atoms in total. The van der Waals surface area contributed by atoms with Gasteiger partial charge >= 0.3 is 0 Å². The van der Waals surface area contributed by atoms with Crippen LogP contribution in [0.25, 0.3) is 4.85 Å². The van der Waals surface area contributed by atoms with Crippen LogP contribution in [0.15, 0.2) is 30.3 Å². The second-order valence-corrected chi connectivity index (χ2v) is 9.50. The molecule has 2 aromatic rings. The van der Waals surface area contributed by atoms with Gasteiger partial charge in [0, 0.05) is 43.5 Å². The van der Waals surface area contributed by atoms with Crippen molar-refractivity contribution in [1.29, 1.82) is 0 Å². The number of benzene rings is 2. The SMILES string of the molecule is [C-]#[N+]CCCOc1ccc([C@H]2CCC[C@H]3CN(c4ccc(Cl)c(OC)c4)CCN32)c(C)c1C. The van der Waals surface area contributed by atoms with Crippen LogP contribution in [0.1, 0.15) is 48.4 Å². The Hall–Kier alpha value is -2.42. The maximum atomic E-state index is 6.92. The van der Waals surface area contributed by atoms with Crippen molar-refractivity contribution >= 4 is 17.3 Å². The van der Waals surface area contributed by atoms with E-state index in [1.807, 2.05) is 6.07 Å². The highest BCUT2D eigenvalue weighted by Gasteiger charge is 2.36. The molecule has 0 bridgehead atoms. The first kappa shape index (κ1) is 23.7. The highest BCUT2D eigenvalue weighted by atomic mass is 35.5. The molecule has 0 saturated carbocycles. The molecule has 2 saturated heterocycles. The van der Waals surface area contributed by atoms with E-state index in [0.717, 1.165) is 37.6 Å². The molecule has 2 atom stereocenters. The fourth-order valence-electron chi connectivity index (χ4n) is 5.32. The summed E-state index contributed by atoms with van der Waals surface area (Å²) in [5.74, 6) is 1.69. The summed E-state index contributed by atoms with van der Waals surface area (Å²) in [4.78, 5) is 8.61. The lowest BCUT2D eigenvalue weighted by Crippen LogP contribution is -2.56. The van der Waals surface area contributed by atoms with E-state index in [4.69, 9.17) is 27.6 Å². The Balaban J connectivity index is 1.48. The molecule has 2 aliphatic rings. The Kier molecular flexibility index (Phi) is 7.67. The van der Waals surface area contributed by atoms with Gasteiger partial charge in [-0.2, -0.15) is 0 Å². The number of anilines is 1. The zero-order valence-electron chi connectivity index (χ0n) is 19.9. The van der Waals surface area contributed by atoms with E-state index >= 15 is 0 Å². The van der Waals surface area contributed by atoms with Crippen molar-refractivity contribution in [1.82, 2.24) is 4.90 Å². The maximum Gasteiger partial charge on any atom is 0.217 e. The van der Waals surface area contributed by atoms with Crippen LogP contribution < -0.4 is 14.4 Å². The van der Waals surface area contributed by atoms with Gasteiger partial charge in [0.05, 0.1) is 25.2 Å². The molecular weight excluding hydrogens is 434 g/mol. The molecular formula is C27H34ClN3O2. The molecule has 0 unspecified atom stereocenters. The lowest BCUT2D eigenvalue weighted by molar-refractivity contribution is 0.0712. The number of ether oxygens (including phenoxy) is 2. The van der Waals surface area contributed by atoms with Gasteiger partial charge < -0.3 is 19.2 Å². The van der Waals surface area contributed by atoms with Crippen molar-refractivity contribution < 1.29 is 9.47 Å².